The van der Waals surface area contributed by atoms with E-state index in [1.165, 1.54) is 4.90 Å². The highest BCUT2D eigenvalue weighted by Crippen LogP contribution is 2.52. The standard InChI is InChI=1S/C20H21N3O3S/c1-26-17(14-8-3-2-4-9-14)20(15-10-7-13-21-15)18(24)23(19(25)27-20)16-11-5-6-12-22-16/h2-6,8-9,11-12,15,17,21H,7,10,13H2,1H3/t15-,17?,20?/m0/s1. The summed E-state index contributed by atoms with van der Waals surface area (Å²) in [5.74, 6) is 0.0779. The summed E-state index contributed by atoms with van der Waals surface area (Å²) in [6, 6.07) is 14.7. The van der Waals surface area contributed by atoms with Crippen molar-refractivity contribution in [3.05, 3.63) is 60.3 Å². The lowest BCUT2D eigenvalue weighted by Crippen LogP contribution is -2.56. The molecule has 140 valence electrons. The average Bonchev–Trinajstić information content (AvgIpc) is 3.32. The average molecular weight is 383 g/mol. The summed E-state index contributed by atoms with van der Waals surface area (Å²) in [7, 11) is 1.59. The van der Waals surface area contributed by atoms with E-state index in [1.54, 1.807) is 31.5 Å². The fourth-order valence-corrected chi connectivity index (χ4v) is 5.40. The second kappa shape index (κ2) is 7.42. The molecular weight excluding hydrogens is 362 g/mol. The van der Waals surface area contributed by atoms with E-state index in [9.17, 15) is 9.59 Å². The molecule has 3 heterocycles. The predicted molar refractivity (Wildman–Crippen MR) is 105 cm³/mol. The summed E-state index contributed by atoms with van der Waals surface area (Å²) in [6.45, 7) is 0.823. The van der Waals surface area contributed by atoms with Gasteiger partial charge in [0, 0.05) is 19.3 Å². The fourth-order valence-electron chi connectivity index (χ4n) is 3.98. The van der Waals surface area contributed by atoms with Crippen molar-refractivity contribution >= 4 is 28.7 Å². The highest BCUT2D eigenvalue weighted by Gasteiger charge is 2.63. The van der Waals surface area contributed by atoms with Crippen LogP contribution in [-0.4, -0.2) is 40.6 Å². The summed E-state index contributed by atoms with van der Waals surface area (Å²) in [5.41, 5.74) is 0.880. The monoisotopic (exact) mass is 383 g/mol. The Labute approximate surface area is 162 Å². The molecule has 0 spiro atoms. The summed E-state index contributed by atoms with van der Waals surface area (Å²) in [4.78, 5) is 32.1. The molecule has 0 saturated carbocycles. The number of amides is 2. The largest absolute Gasteiger partial charge is 0.375 e. The maximum atomic E-state index is 13.7. The van der Waals surface area contributed by atoms with E-state index >= 15 is 0 Å². The number of thioether (sulfide) groups is 1. The van der Waals surface area contributed by atoms with Crippen LogP contribution in [0.5, 0.6) is 0 Å². The van der Waals surface area contributed by atoms with Crippen LogP contribution in [0.4, 0.5) is 10.6 Å². The second-order valence-corrected chi connectivity index (χ2v) is 7.89. The molecule has 7 heteroatoms. The van der Waals surface area contributed by atoms with Crippen LogP contribution in [0.1, 0.15) is 24.5 Å². The molecule has 2 fully saturated rings. The van der Waals surface area contributed by atoms with Gasteiger partial charge < -0.3 is 10.1 Å². The highest BCUT2D eigenvalue weighted by molar-refractivity contribution is 8.16. The van der Waals surface area contributed by atoms with Gasteiger partial charge in [-0.3, -0.25) is 9.59 Å². The maximum Gasteiger partial charge on any atom is 0.295 e. The van der Waals surface area contributed by atoms with E-state index in [2.05, 4.69) is 10.3 Å². The van der Waals surface area contributed by atoms with E-state index in [-0.39, 0.29) is 17.2 Å². The van der Waals surface area contributed by atoms with Gasteiger partial charge in [-0.15, -0.1) is 0 Å². The van der Waals surface area contributed by atoms with E-state index in [0.29, 0.717) is 5.82 Å². The molecule has 0 aliphatic carbocycles. The fraction of sp³-hybridized carbons (Fsp3) is 0.350. The Balaban J connectivity index is 1.82. The molecular formula is C20H21N3O3S. The molecule has 2 unspecified atom stereocenters. The molecule has 4 rings (SSSR count). The van der Waals surface area contributed by atoms with Gasteiger partial charge in [0.1, 0.15) is 16.7 Å². The van der Waals surface area contributed by atoms with Crippen LogP contribution in [0.3, 0.4) is 0 Å². The van der Waals surface area contributed by atoms with E-state index < -0.39 is 10.9 Å². The number of carbonyl (C=O) groups excluding carboxylic acids is 2. The van der Waals surface area contributed by atoms with E-state index in [4.69, 9.17) is 4.74 Å². The Bertz CT molecular complexity index is 827. The van der Waals surface area contributed by atoms with Crippen molar-refractivity contribution in [2.75, 3.05) is 18.6 Å². The minimum absolute atomic E-state index is 0.155. The molecule has 1 aromatic carbocycles. The van der Waals surface area contributed by atoms with Crippen molar-refractivity contribution in [2.24, 2.45) is 0 Å². The number of nitrogens with zero attached hydrogens (tertiary/aromatic N) is 2. The van der Waals surface area contributed by atoms with Crippen molar-refractivity contribution in [2.45, 2.75) is 29.7 Å². The van der Waals surface area contributed by atoms with Gasteiger partial charge in [0.25, 0.3) is 11.1 Å². The van der Waals surface area contributed by atoms with Crippen molar-refractivity contribution < 1.29 is 14.3 Å². The molecule has 2 aliphatic heterocycles. The van der Waals surface area contributed by atoms with E-state index in [1.807, 2.05) is 30.3 Å². The number of rotatable bonds is 5. The first-order valence-electron chi connectivity index (χ1n) is 8.98. The lowest BCUT2D eigenvalue weighted by molar-refractivity contribution is -0.124. The first-order chi connectivity index (χ1) is 13.2. The number of benzene rings is 1. The van der Waals surface area contributed by atoms with Crippen LogP contribution in [-0.2, 0) is 9.53 Å². The Kier molecular flexibility index (Phi) is 4.99. The second-order valence-electron chi connectivity index (χ2n) is 6.66. The zero-order valence-corrected chi connectivity index (χ0v) is 15.8. The van der Waals surface area contributed by atoms with Crippen LogP contribution in [0.2, 0.25) is 0 Å². The third-order valence-electron chi connectivity index (χ3n) is 5.16. The maximum absolute atomic E-state index is 13.7. The molecule has 6 nitrogen and oxygen atoms in total. The van der Waals surface area contributed by atoms with Crippen LogP contribution >= 0.6 is 11.8 Å². The van der Waals surface area contributed by atoms with Crippen molar-refractivity contribution in [3.63, 3.8) is 0 Å². The number of anilines is 1. The Morgan fingerprint density at radius 3 is 2.63 bits per heavy atom. The molecule has 1 N–H and O–H groups in total. The van der Waals surface area contributed by atoms with Crippen LogP contribution < -0.4 is 10.2 Å². The van der Waals surface area contributed by atoms with Gasteiger partial charge in [-0.2, -0.15) is 0 Å². The Morgan fingerprint density at radius 2 is 2.00 bits per heavy atom. The summed E-state index contributed by atoms with van der Waals surface area (Å²) in [6.07, 6.45) is 2.81. The first-order valence-corrected chi connectivity index (χ1v) is 9.80. The lowest BCUT2D eigenvalue weighted by atomic mass is 9.85. The lowest BCUT2D eigenvalue weighted by Gasteiger charge is -2.38. The smallest absolute Gasteiger partial charge is 0.295 e. The van der Waals surface area contributed by atoms with Gasteiger partial charge >= 0.3 is 0 Å². The zero-order valence-electron chi connectivity index (χ0n) is 15.0. The minimum atomic E-state index is -1.07. The van der Waals surface area contributed by atoms with Gasteiger partial charge in [-0.25, -0.2) is 9.88 Å². The topological polar surface area (TPSA) is 71.5 Å². The third kappa shape index (κ3) is 2.96. The van der Waals surface area contributed by atoms with Crippen LogP contribution in [0, 0.1) is 0 Å². The van der Waals surface area contributed by atoms with Crippen molar-refractivity contribution in [1.29, 1.82) is 0 Å². The number of aromatic nitrogens is 1. The van der Waals surface area contributed by atoms with E-state index in [0.717, 1.165) is 36.7 Å². The van der Waals surface area contributed by atoms with Gasteiger partial charge in [-0.1, -0.05) is 36.4 Å². The first kappa shape index (κ1) is 18.2. The molecule has 2 aromatic rings. The number of imide groups is 1. The van der Waals surface area contributed by atoms with Crippen LogP contribution in [0.15, 0.2) is 54.7 Å². The van der Waals surface area contributed by atoms with Crippen molar-refractivity contribution in [1.82, 2.24) is 10.3 Å². The Morgan fingerprint density at radius 1 is 1.22 bits per heavy atom. The number of methoxy groups -OCH3 is 1. The summed E-state index contributed by atoms with van der Waals surface area (Å²) in [5, 5.41) is 3.11. The van der Waals surface area contributed by atoms with Crippen molar-refractivity contribution in [3.8, 4) is 0 Å². The van der Waals surface area contributed by atoms with Gasteiger partial charge in [0.2, 0.25) is 0 Å². The molecule has 2 aliphatic rings. The number of pyridine rings is 1. The van der Waals surface area contributed by atoms with Gasteiger partial charge in [-0.05, 0) is 48.8 Å². The molecule has 0 radical (unpaired) electrons. The minimum Gasteiger partial charge on any atom is -0.375 e. The Hall–Kier alpha value is -2.22. The normalized spacial score (nSPS) is 26.6. The summed E-state index contributed by atoms with van der Waals surface area (Å²) < 4.78 is 4.79. The number of hydrogen-bond acceptors (Lipinski definition) is 6. The number of carbonyl (C=O) groups is 2. The SMILES string of the molecule is COC(c1ccccc1)C1([C@@H]2CCCN2)SC(=O)N(c2ccccn2)C1=O. The molecule has 1 aromatic heterocycles. The van der Waals surface area contributed by atoms with Gasteiger partial charge in [0.15, 0.2) is 0 Å². The predicted octanol–water partition coefficient (Wildman–Crippen LogP) is 3.16. The zero-order chi connectivity index (χ0) is 18.9. The molecule has 2 saturated heterocycles. The number of nitrogens with one attached hydrogen (secondary N) is 1. The summed E-state index contributed by atoms with van der Waals surface area (Å²) >= 11 is 1.06. The third-order valence-corrected chi connectivity index (χ3v) is 6.53. The number of ether oxygens (including phenoxy) is 1. The molecule has 0 bridgehead atoms. The van der Waals surface area contributed by atoms with Crippen LogP contribution in [0.25, 0.3) is 0 Å². The molecule has 3 atom stereocenters. The molecule has 27 heavy (non-hydrogen) atoms. The van der Waals surface area contributed by atoms with Gasteiger partial charge in [0.05, 0.1) is 0 Å². The number of hydrogen-bond donors (Lipinski definition) is 1. The molecule has 2 amide bonds. The quantitative estimate of drug-likeness (QED) is 0.855. The highest BCUT2D eigenvalue weighted by atomic mass is 32.2.